The Balaban J connectivity index is 0.000000369. The van der Waals surface area contributed by atoms with Gasteiger partial charge in [-0.15, -0.1) is 11.8 Å². The number of pyridine rings is 1. The molecule has 2 aliphatic heterocycles. The van der Waals surface area contributed by atoms with Crippen molar-refractivity contribution in [3.8, 4) is 0 Å². The Morgan fingerprint density at radius 2 is 1.70 bits per heavy atom. The zero-order valence-corrected chi connectivity index (χ0v) is 26.7. The van der Waals surface area contributed by atoms with E-state index in [9.17, 15) is 37.2 Å². The number of fused-ring (bicyclic) bond motifs is 1. The number of sulfone groups is 1. The maximum Gasteiger partial charge on any atom is 0.354 e. The molecular formula is C31H30N4O9S2. The van der Waals surface area contributed by atoms with Gasteiger partial charge in [0.1, 0.15) is 11.2 Å². The number of carboxylic acid groups (broad SMARTS) is 1. The second-order valence-corrected chi connectivity index (χ2v) is 13.6. The Labute approximate surface area is 268 Å². The van der Waals surface area contributed by atoms with Crippen LogP contribution in [0.25, 0.3) is 0 Å². The third-order valence-electron chi connectivity index (χ3n) is 7.53. The van der Waals surface area contributed by atoms with Gasteiger partial charge in [-0.25, -0.2) is 18.2 Å². The van der Waals surface area contributed by atoms with Gasteiger partial charge in [0.25, 0.3) is 23.6 Å². The number of piperidine rings is 1. The highest BCUT2D eigenvalue weighted by Gasteiger charge is 2.52. The first-order valence-electron chi connectivity index (χ1n) is 13.9. The van der Waals surface area contributed by atoms with Crippen molar-refractivity contribution in [2.45, 2.75) is 48.6 Å². The van der Waals surface area contributed by atoms with Crippen LogP contribution in [0.1, 0.15) is 73.8 Å². The van der Waals surface area contributed by atoms with Gasteiger partial charge in [-0.1, -0.05) is 13.0 Å². The molecule has 3 heterocycles. The first-order valence-corrected chi connectivity index (χ1v) is 16.8. The van der Waals surface area contributed by atoms with Crippen LogP contribution in [0, 0.1) is 0 Å². The van der Waals surface area contributed by atoms with Crippen molar-refractivity contribution >= 4 is 57.1 Å². The smallest absolute Gasteiger partial charge is 0.354 e. The summed E-state index contributed by atoms with van der Waals surface area (Å²) in [6.45, 7) is 3.04. The summed E-state index contributed by atoms with van der Waals surface area (Å²) in [5.41, 5.74) is -0.316. The van der Waals surface area contributed by atoms with E-state index in [0.717, 1.165) is 9.80 Å². The molecule has 2 aromatic carbocycles. The zero-order valence-electron chi connectivity index (χ0n) is 25.0. The van der Waals surface area contributed by atoms with Gasteiger partial charge >= 0.3 is 5.97 Å². The fraction of sp³-hybridized carbons (Fsp3) is 0.258. The van der Waals surface area contributed by atoms with Crippen molar-refractivity contribution in [3.63, 3.8) is 0 Å². The monoisotopic (exact) mass is 666 g/mol. The van der Waals surface area contributed by atoms with Crippen molar-refractivity contribution in [3.05, 3.63) is 88.7 Å². The fourth-order valence-corrected chi connectivity index (χ4v) is 5.99. The van der Waals surface area contributed by atoms with E-state index in [2.05, 4.69) is 15.6 Å². The summed E-state index contributed by atoms with van der Waals surface area (Å²) in [7, 11) is -3.37. The minimum Gasteiger partial charge on any atom is -0.477 e. The number of carbonyl (C=O) groups excluding carboxylic acids is 5. The molecule has 5 rings (SSSR count). The molecule has 3 aromatic rings. The predicted molar refractivity (Wildman–Crippen MR) is 166 cm³/mol. The van der Waals surface area contributed by atoms with Gasteiger partial charge in [-0.2, -0.15) is 0 Å². The Hall–Kier alpha value is -4.89. The van der Waals surface area contributed by atoms with Crippen molar-refractivity contribution in [1.82, 2.24) is 20.5 Å². The van der Waals surface area contributed by atoms with Crippen molar-refractivity contribution in [1.29, 1.82) is 0 Å². The first-order chi connectivity index (χ1) is 21.7. The number of carbonyl (C=O) groups is 6. The number of nitrogens with zero attached hydrogens (tertiary/aromatic N) is 2. The number of imide groups is 2. The van der Waals surface area contributed by atoms with Gasteiger partial charge in [-0.3, -0.25) is 34.2 Å². The molecule has 13 nitrogen and oxygen atoms in total. The number of nitrogens with one attached hydrogen (secondary N) is 2. The quantitative estimate of drug-likeness (QED) is 0.236. The predicted octanol–water partition coefficient (Wildman–Crippen LogP) is 2.70. The van der Waals surface area contributed by atoms with E-state index in [4.69, 9.17) is 5.11 Å². The average molecular weight is 667 g/mol. The van der Waals surface area contributed by atoms with E-state index in [1.54, 1.807) is 18.3 Å². The van der Waals surface area contributed by atoms with E-state index >= 15 is 0 Å². The molecule has 1 saturated heterocycles. The summed E-state index contributed by atoms with van der Waals surface area (Å²) < 4.78 is 23.8. The molecule has 240 valence electrons. The minimum absolute atomic E-state index is 0.0122. The van der Waals surface area contributed by atoms with E-state index in [0.29, 0.717) is 5.56 Å². The summed E-state index contributed by atoms with van der Waals surface area (Å²) in [5.74, 6) is -3.88. The Morgan fingerprint density at radius 3 is 2.26 bits per heavy atom. The average Bonchev–Trinajstić information content (AvgIpc) is 3.31. The molecule has 5 amide bonds. The fourth-order valence-electron chi connectivity index (χ4n) is 4.75. The molecule has 3 N–H and O–H groups in total. The number of amides is 5. The highest BCUT2D eigenvalue weighted by molar-refractivity contribution is 7.98. The normalized spacial score (nSPS) is 17.5. The second kappa shape index (κ2) is 13.6. The van der Waals surface area contributed by atoms with Gasteiger partial charge in [0, 0.05) is 29.6 Å². The Bertz CT molecular complexity index is 1840. The Kier molecular flexibility index (Phi) is 10.1. The summed E-state index contributed by atoms with van der Waals surface area (Å²) in [6, 6.07) is 13.4. The topological polar surface area (TPSA) is 197 Å². The first kappa shape index (κ1) is 34.0. The molecule has 0 spiro atoms. The number of rotatable bonds is 8. The molecule has 1 aromatic heterocycles. The van der Waals surface area contributed by atoms with Crippen LogP contribution >= 0.6 is 11.8 Å². The standard InChI is InChI=1S/C24H23N3O7S.C7H7NO2S/c1-3-35(33,34)16-7-5-15(6-8-16)20(29)25-13-14-4-9-17-18(12-14)22(31)27(21(17)30)24(2)11-10-19(28)26-23(24)32;1-11-5-2-3-6(7(9)10)8-4-5/h4-9,12H,3,10-11,13H2,1-2H3,(H,25,29)(H,26,28,32);2-4H,1H3,(H,9,10). The van der Waals surface area contributed by atoms with Crippen LogP contribution in [0.4, 0.5) is 0 Å². The molecule has 0 aliphatic carbocycles. The number of benzene rings is 2. The van der Waals surface area contributed by atoms with Crippen LogP contribution in [-0.4, -0.2) is 76.5 Å². The molecule has 0 saturated carbocycles. The van der Waals surface area contributed by atoms with Crippen molar-refractivity contribution in [2.24, 2.45) is 0 Å². The van der Waals surface area contributed by atoms with Crippen LogP contribution in [0.2, 0.25) is 0 Å². The van der Waals surface area contributed by atoms with E-state index in [1.165, 1.54) is 68.1 Å². The van der Waals surface area contributed by atoms with Gasteiger partial charge in [0.2, 0.25) is 5.91 Å². The van der Waals surface area contributed by atoms with Crippen molar-refractivity contribution in [2.75, 3.05) is 12.0 Å². The summed E-state index contributed by atoms with van der Waals surface area (Å²) in [4.78, 5) is 78.6. The number of hydrogen-bond donors (Lipinski definition) is 3. The largest absolute Gasteiger partial charge is 0.477 e. The van der Waals surface area contributed by atoms with Gasteiger partial charge < -0.3 is 10.4 Å². The van der Waals surface area contributed by atoms with Crippen LogP contribution in [-0.2, 0) is 26.0 Å². The lowest BCUT2D eigenvalue weighted by Gasteiger charge is -2.38. The lowest BCUT2D eigenvalue weighted by atomic mass is 9.89. The lowest BCUT2D eigenvalue weighted by molar-refractivity contribution is -0.140. The van der Waals surface area contributed by atoms with Gasteiger partial charge in [0.15, 0.2) is 9.84 Å². The molecule has 1 atom stereocenters. The SMILES string of the molecule is CCS(=O)(=O)c1ccc(C(=O)NCc2ccc3c(c2)C(=O)N(C2(C)CCC(=O)NC2=O)C3=O)cc1.CSc1ccc(C(=O)O)nc1. The highest BCUT2D eigenvalue weighted by Crippen LogP contribution is 2.34. The minimum atomic E-state index is -3.37. The van der Waals surface area contributed by atoms with Crippen LogP contribution in [0.5, 0.6) is 0 Å². The molecule has 46 heavy (non-hydrogen) atoms. The zero-order chi connectivity index (χ0) is 33.8. The number of thioether (sulfide) groups is 1. The van der Waals surface area contributed by atoms with Gasteiger partial charge in [-0.05, 0) is 73.7 Å². The summed E-state index contributed by atoms with van der Waals surface area (Å²) >= 11 is 1.53. The van der Waals surface area contributed by atoms with E-state index < -0.39 is 50.9 Å². The number of aromatic nitrogens is 1. The third kappa shape index (κ3) is 7.00. The summed E-state index contributed by atoms with van der Waals surface area (Å²) in [6.07, 6.45) is 3.51. The van der Waals surface area contributed by atoms with Gasteiger partial charge in [0.05, 0.1) is 21.8 Å². The number of hydrogen-bond acceptors (Lipinski definition) is 10. The molecular weight excluding hydrogens is 636 g/mol. The maximum atomic E-state index is 13.1. The molecule has 1 unspecified atom stereocenters. The third-order valence-corrected chi connectivity index (χ3v) is 9.99. The van der Waals surface area contributed by atoms with Crippen molar-refractivity contribution < 1.29 is 42.3 Å². The number of aromatic carboxylic acids is 1. The van der Waals surface area contributed by atoms with Crippen LogP contribution in [0.15, 0.2) is 70.6 Å². The van der Waals surface area contributed by atoms with E-state index in [-0.39, 0.29) is 52.4 Å². The molecule has 0 radical (unpaired) electrons. The summed E-state index contributed by atoms with van der Waals surface area (Å²) in [5, 5.41) is 13.4. The molecule has 0 bridgehead atoms. The highest BCUT2D eigenvalue weighted by atomic mass is 32.2. The van der Waals surface area contributed by atoms with Crippen LogP contribution < -0.4 is 10.6 Å². The number of carboxylic acids is 1. The molecule has 15 heteroatoms. The lowest BCUT2D eigenvalue weighted by Crippen LogP contribution is -2.62. The molecule has 1 fully saturated rings. The molecule has 2 aliphatic rings. The second-order valence-electron chi connectivity index (χ2n) is 10.5. The van der Waals surface area contributed by atoms with Crippen LogP contribution in [0.3, 0.4) is 0 Å². The van der Waals surface area contributed by atoms with E-state index in [1.807, 2.05) is 6.26 Å². The maximum absolute atomic E-state index is 13.1. The Morgan fingerprint density at radius 1 is 1.02 bits per heavy atom.